The number of hydrogen-bond acceptors (Lipinski definition) is 7. The maximum absolute atomic E-state index is 13.5. The normalized spacial score (nSPS) is 17.6. The van der Waals surface area contributed by atoms with Crippen LogP contribution in [-0.4, -0.2) is 43.6 Å². The Hall–Kier alpha value is -4.85. The van der Waals surface area contributed by atoms with Crippen molar-refractivity contribution < 1.29 is 18.3 Å². The molecule has 6 rings (SSSR count). The van der Waals surface area contributed by atoms with Crippen molar-refractivity contribution in [3.05, 3.63) is 72.1 Å². The smallest absolute Gasteiger partial charge is 0.264 e. The van der Waals surface area contributed by atoms with Crippen molar-refractivity contribution >= 4 is 22.8 Å². The van der Waals surface area contributed by atoms with Crippen LogP contribution in [0.1, 0.15) is 31.7 Å². The molecule has 1 atom stereocenters. The standard InChI is InChI=1S/C29H25F2N7O2/c30-20-11-21(31)13-24(12-20)40-23-7-5-18(6-8-23)26-25-27(33)34-16-35-28(25)38(36-26)22-2-1-9-37(15-22)29(39)19(14-32)10-17-3-4-17/h5-8,10-13,16-17,22H,1-4,9,15H2,(H2,33,34,35)/t22-/m0/s1. The molecule has 1 aliphatic carbocycles. The van der Waals surface area contributed by atoms with Crippen LogP contribution < -0.4 is 10.5 Å². The number of piperidine rings is 1. The lowest BCUT2D eigenvalue weighted by Gasteiger charge is -2.32. The number of nitrogen functional groups attached to an aromatic ring is 1. The van der Waals surface area contributed by atoms with E-state index in [0.29, 0.717) is 47.0 Å². The van der Waals surface area contributed by atoms with Crippen LogP contribution in [0.3, 0.4) is 0 Å². The van der Waals surface area contributed by atoms with E-state index in [1.54, 1.807) is 39.9 Å². The van der Waals surface area contributed by atoms with E-state index >= 15 is 0 Å². The number of nitrogens with two attached hydrogens (primary N) is 1. The Balaban J connectivity index is 1.29. The van der Waals surface area contributed by atoms with Gasteiger partial charge in [0.15, 0.2) is 5.65 Å². The summed E-state index contributed by atoms with van der Waals surface area (Å²) in [5.74, 6) is -0.697. The number of nitrogens with zero attached hydrogens (tertiary/aromatic N) is 6. The number of anilines is 1. The van der Waals surface area contributed by atoms with Crippen molar-refractivity contribution in [2.75, 3.05) is 18.8 Å². The number of hydrogen-bond donors (Lipinski definition) is 1. The minimum atomic E-state index is -0.732. The third kappa shape index (κ3) is 5.08. The number of rotatable bonds is 6. The third-order valence-electron chi connectivity index (χ3n) is 7.12. The molecule has 2 aromatic carbocycles. The van der Waals surface area contributed by atoms with Gasteiger partial charge in [0.2, 0.25) is 0 Å². The summed E-state index contributed by atoms with van der Waals surface area (Å²) in [6, 6.07) is 11.7. The van der Waals surface area contributed by atoms with Crippen molar-refractivity contribution in [3.63, 3.8) is 0 Å². The molecule has 1 saturated carbocycles. The Morgan fingerprint density at radius 2 is 1.82 bits per heavy atom. The van der Waals surface area contributed by atoms with Crippen LogP contribution >= 0.6 is 0 Å². The molecule has 2 fully saturated rings. The van der Waals surface area contributed by atoms with Gasteiger partial charge in [-0.1, -0.05) is 6.08 Å². The van der Waals surface area contributed by atoms with Crippen molar-refractivity contribution in [2.45, 2.75) is 31.7 Å². The van der Waals surface area contributed by atoms with Crippen LogP contribution in [0.5, 0.6) is 11.5 Å². The highest BCUT2D eigenvalue weighted by Crippen LogP contribution is 2.36. The first-order chi connectivity index (χ1) is 19.4. The molecule has 2 aromatic heterocycles. The van der Waals surface area contributed by atoms with Gasteiger partial charge in [0.05, 0.1) is 11.4 Å². The number of allylic oxidation sites excluding steroid dienone is 1. The molecule has 0 spiro atoms. The second kappa shape index (κ2) is 10.4. The van der Waals surface area contributed by atoms with Crippen LogP contribution in [0, 0.1) is 28.9 Å². The second-order valence-corrected chi connectivity index (χ2v) is 10.1. The van der Waals surface area contributed by atoms with E-state index in [1.807, 2.05) is 0 Å². The molecule has 3 heterocycles. The molecule has 0 radical (unpaired) electrons. The second-order valence-electron chi connectivity index (χ2n) is 10.1. The number of aromatic nitrogens is 4. The Bertz CT molecular complexity index is 1650. The maximum Gasteiger partial charge on any atom is 0.264 e. The van der Waals surface area contributed by atoms with Crippen LogP contribution in [0.25, 0.3) is 22.3 Å². The van der Waals surface area contributed by atoms with Crippen LogP contribution in [0.4, 0.5) is 14.6 Å². The van der Waals surface area contributed by atoms with Crippen molar-refractivity contribution in [2.24, 2.45) is 5.92 Å². The zero-order valence-electron chi connectivity index (χ0n) is 21.4. The van der Waals surface area contributed by atoms with E-state index in [9.17, 15) is 18.8 Å². The summed E-state index contributed by atoms with van der Waals surface area (Å²) in [7, 11) is 0. The molecule has 11 heteroatoms. The van der Waals surface area contributed by atoms with Crippen LogP contribution in [0.2, 0.25) is 0 Å². The molecule has 0 unspecified atom stereocenters. The summed E-state index contributed by atoms with van der Waals surface area (Å²) in [4.78, 5) is 23.5. The molecule has 1 aliphatic heterocycles. The first-order valence-corrected chi connectivity index (χ1v) is 13.0. The lowest BCUT2D eigenvalue weighted by molar-refractivity contribution is -0.128. The number of nitriles is 1. The lowest BCUT2D eigenvalue weighted by Crippen LogP contribution is -2.41. The lowest BCUT2D eigenvalue weighted by atomic mass is 10.0. The van der Waals surface area contributed by atoms with E-state index in [-0.39, 0.29) is 29.1 Å². The Kier molecular flexibility index (Phi) is 6.59. The number of fused-ring (bicyclic) bond motifs is 1. The van der Waals surface area contributed by atoms with Crippen LogP contribution in [0.15, 0.2) is 60.4 Å². The predicted molar refractivity (Wildman–Crippen MR) is 143 cm³/mol. The molecular formula is C29H25F2N7O2. The summed E-state index contributed by atoms with van der Waals surface area (Å²) in [5.41, 5.74) is 8.30. The SMILES string of the molecule is N#CC(=CC1CC1)C(=O)N1CCC[C@H](n2nc(-c3ccc(Oc4cc(F)cc(F)c4)cc3)c3c(N)ncnc32)C1. The summed E-state index contributed by atoms with van der Waals surface area (Å²) in [6.45, 7) is 0.957. The molecular weight excluding hydrogens is 516 g/mol. The van der Waals surface area contributed by atoms with Gasteiger partial charge in [-0.25, -0.2) is 23.4 Å². The maximum atomic E-state index is 13.5. The van der Waals surface area contributed by atoms with Crippen LogP contribution in [-0.2, 0) is 4.79 Å². The minimum Gasteiger partial charge on any atom is -0.457 e. The highest BCUT2D eigenvalue weighted by atomic mass is 19.1. The average molecular weight is 542 g/mol. The number of amides is 1. The summed E-state index contributed by atoms with van der Waals surface area (Å²) in [6.07, 6.45) is 6.73. The largest absolute Gasteiger partial charge is 0.457 e. The minimum absolute atomic E-state index is 0.0422. The topological polar surface area (TPSA) is 123 Å². The van der Waals surface area contributed by atoms with Gasteiger partial charge in [0.25, 0.3) is 5.91 Å². The quantitative estimate of drug-likeness (QED) is 0.264. The van der Waals surface area contributed by atoms with Gasteiger partial charge in [-0.2, -0.15) is 10.4 Å². The fourth-order valence-electron chi connectivity index (χ4n) is 5.02. The Morgan fingerprint density at radius 1 is 1.07 bits per heavy atom. The van der Waals surface area contributed by atoms with Gasteiger partial charge in [0.1, 0.15) is 52.6 Å². The predicted octanol–water partition coefficient (Wildman–Crippen LogP) is 5.17. The zero-order valence-corrected chi connectivity index (χ0v) is 21.4. The average Bonchev–Trinajstić information content (AvgIpc) is 3.68. The van der Waals surface area contributed by atoms with Crippen molar-refractivity contribution in [3.8, 4) is 28.8 Å². The highest BCUT2D eigenvalue weighted by Gasteiger charge is 2.31. The number of halogens is 2. The van der Waals surface area contributed by atoms with Gasteiger partial charge in [-0.05, 0) is 55.9 Å². The van der Waals surface area contributed by atoms with Gasteiger partial charge in [-0.3, -0.25) is 4.79 Å². The molecule has 1 amide bonds. The number of benzene rings is 2. The Morgan fingerprint density at radius 3 is 2.52 bits per heavy atom. The highest BCUT2D eigenvalue weighted by molar-refractivity contribution is 5.99. The molecule has 9 nitrogen and oxygen atoms in total. The monoisotopic (exact) mass is 541 g/mol. The van der Waals surface area contributed by atoms with E-state index < -0.39 is 11.6 Å². The molecule has 202 valence electrons. The van der Waals surface area contributed by atoms with Gasteiger partial charge < -0.3 is 15.4 Å². The number of carbonyl (C=O) groups is 1. The summed E-state index contributed by atoms with van der Waals surface area (Å²) >= 11 is 0. The van der Waals surface area contributed by atoms with E-state index in [2.05, 4.69) is 16.0 Å². The van der Waals surface area contributed by atoms with Gasteiger partial charge in [-0.15, -0.1) is 0 Å². The van der Waals surface area contributed by atoms with E-state index in [0.717, 1.165) is 43.9 Å². The van der Waals surface area contributed by atoms with Crippen molar-refractivity contribution in [1.29, 1.82) is 5.26 Å². The summed E-state index contributed by atoms with van der Waals surface area (Å²) < 4.78 is 34.5. The fraction of sp³-hybridized carbons (Fsp3) is 0.276. The Labute approximate surface area is 228 Å². The van der Waals surface area contributed by atoms with Crippen molar-refractivity contribution in [1.82, 2.24) is 24.6 Å². The first kappa shape index (κ1) is 25.4. The fourth-order valence-corrected chi connectivity index (χ4v) is 5.02. The van der Waals surface area contributed by atoms with E-state index in [4.69, 9.17) is 15.6 Å². The first-order valence-electron chi connectivity index (χ1n) is 13.0. The third-order valence-corrected chi connectivity index (χ3v) is 7.12. The molecule has 0 bridgehead atoms. The van der Waals surface area contributed by atoms with Gasteiger partial charge >= 0.3 is 0 Å². The number of likely N-dealkylation sites (tertiary alicyclic amines) is 1. The molecule has 2 aliphatic rings. The van der Waals surface area contributed by atoms with E-state index in [1.165, 1.54) is 6.33 Å². The van der Waals surface area contributed by atoms with Gasteiger partial charge in [0, 0.05) is 36.9 Å². The molecule has 4 aromatic rings. The molecule has 40 heavy (non-hydrogen) atoms. The number of carbonyl (C=O) groups excluding carboxylic acids is 1. The molecule has 1 saturated heterocycles. The molecule has 2 N–H and O–H groups in total. The zero-order chi connectivity index (χ0) is 27.8. The summed E-state index contributed by atoms with van der Waals surface area (Å²) in [5, 5.41) is 15.0. The number of ether oxygens (including phenoxy) is 1.